The van der Waals surface area contributed by atoms with Crippen LogP contribution < -0.4 is 10.6 Å². The van der Waals surface area contributed by atoms with Crippen molar-refractivity contribution in [2.45, 2.75) is 26.3 Å². The molecule has 7 nitrogen and oxygen atoms in total. The van der Waals surface area contributed by atoms with Gasteiger partial charge in [0, 0.05) is 18.8 Å². The fraction of sp³-hybridized carbons (Fsp3) is 0.333. The van der Waals surface area contributed by atoms with E-state index < -0.39 is 0 Å². The molecule has 1 aliphatic heterocycles. The van der Waals surface area contributed by atoms with Crippen molar-refractivity contribution >= 4 is 28.8 Å². The molecule has 2 heterocycles. The number of aromatic nitrogens is 2. The second-order valence-electron chi connectivity index (χ2n) is 8.15. The van der Waals surface area contributed by atoms with E-state index in [-0.39, 0.29) is 21.8 Å². The smallest absolute Gasteiger partial charge is 0.286 e. The number of amides is 2. The molecule has 1 saturated heterocycles. The fourth-order valence-electron chi connectivity index (χ4n) is 3.73. The van der Waals surface area contributed by atoms with Gasteiger partial charge >= 0.3 is 0 Å². The molecule has 0 bridgehead atoms. The van der Waals surface area contributed by atoms with Gasteiger partial charge < -0.3 is 10.6 Å². The second-order valence-corrected chi connectivity index (χ2v) is 9.13. The summed E-state index contributed by atoms with van der Waals surface area (Å²) in [5.41, 5.74) is 3.29. The third kappa shape index (κ3) is 5.99. The lowest BCUT2D eigenvalue weighted by molar-refractivity contribution is 0.0933. The van der Waals surface area contributed by atoms with Crippen LogP contribution in [0.4, 0.5) is 5.69 Å². The maximum absolute atomic E-state index is 12.5. The summed E-state index contributed by atoms with van der Waals surface area (Å²) in [4.78, 5) is 27.2. The van der Waals surface area contributed by atoms with E-state index in [1.165, 1.54) is 11.1 Å². The molecule has 8 heteroatoms. The number of hydrogen-bond donors (Lipinski definition) is 2. The van der Waals surface area contributed by atoms with Crippen LogP contribution in [0.25, 0.3) is 0 Å². The Morgan fingerprint density at radius 2 is 1.62 bits per heavy atom. The molecule has 1 aromatic heterocycles. The molecule has 32 heavy (non-hydrogen) atoms. The topological polar surface area (TPSA) is 87.2 Å². The van der Waals surface area contributed by atoms with Crippen molar-refractivity contribution in [3.05, 3.63) is 75.7 Å². The number of aryl methyl sites for hydroxylation is 1. The molecule has 166 valence electrons. The zero-order valence-corrected chi connectivity index (χ0v) is 18.9. The Hall–Kier alpha value is -3.10. The first-order chi connectivity index (χ1) is 15.6. The van der Waals surface area contributed by atoms with E-state index >= 15 is 0 Å². The van der Waals surface area contributed by atoms with Gasteiger partial charge in [0.15, 0.2) is 0 Å². The van der Waals surface area contributed by atoms with E-state index in [9.17, 15) is 9.59 Å². The lowest BCUT2D eigenvalue weighted by Crippen LogP contribution is -2.38. The Balaban J connectivity index is 1.21. The molecule has 1 aliphatic rings. The molecule has 2 amide bonds. The van der Waals surface area contributed by atoms with Crippen molar-refractivity contribution in [2.24, 2.45) is 5.92 Å². The van der Waals surface area contributed by atoms with Crippen molar-refractivity contribution in [3.8, 4) is 0 Å². The van der Waals surface area contributed by atoms with Gasteiger partial charge in [0.25, 0.3) is 11.8 Å². The molecular formula is C24H27N5O2S. The molecule has 2 aromatic carbocycles. The molecular weight excluding hydrogens is 422 g/mol. The highest BCUT2D eigenvalue weighted by atomic mass is 32.1. The SMILES string of the molecule is Cc1ccc(CN2CCC(CNC(=O)c3nnc(C(=O)Nc4ccccc4)s3)CC2)cc1. The van der Waals surface area contributed by atoms with Crippen molar-refractivity contribution in [1.29, 1.82) is 0 Å². The van der Waals surface area contributed by atoms with Gasteiger partial charge in [0.1, 0.15) is 0 Å². The fourth-order valence-corrected chi connectivity index (χ4v) is 4.38. The average Bonchev–Trinajstić information content (AvgIpc) is 3.31. The van der Waals surface area contributed by atoms with E-state index in [1.54, 1.807) is 12.1 Å². The van der Waals surface area contributed by atoms with Crippen molar-refractivity contribution in [1.82, 2.24) is 20.4 Å². The average molecular weight is 450 g/mol. The van der Waals surface area contributed by atoms with Crippen LogP contribution in [0.2, 0.25) is 0 Å². The van der Waals surface area contributed by atoms with E-state index in [0.717, 1.165) is 43.8 Å². The summed E-state index contributed by atoms with van der Waals surface area (Å²) in [6.45, 7) is 5.74. The Bertz CT molecular complexity index is 1040. The maximum Gasteiger partial charge on any atom is 0.286 e. The van der Waals surface area contributed by atoms with Crippen LogP contribution in [0, 0.1) is 12.8 Å². The molecule has 4 rings (SSSR count). The van der Waals surface area contributed by atoms with Gasteiger partial charge in [-0.05, 0) is 56.5 Å². The summed E-state index contributed by atoms with van der Waals surface area (Å²) in [5.74, 6) is -0.195. The molecule has 0 radical (unpaired) electrons. The lowest BCUT2D eigenvalue weighted by atomic mass is 9.96. The van der Waals surface area contributed by atoms with Gasteiger partial charge in [0.05, 0.1) is 0 Å². The number of carbonyl (C=O) groups is 2. The minimum absolute atomic E-state index is 0.170. The zero-order chi connectivity index (χ0) is 22.3. The van der Waals surface area contributed by atoms with E-state index in [4.69, 9.17) is 0 Å². The summed E-state index contributed by atoms with van der Waals surface area (Å²) >= 11 is 1.00. The zero-order valence-electron chi connectivity index (χ0n) is 18.1. The largest absolute Gasteiger partial charge is 0.350 e. The quantitative estimate of drug-likeness (QED) is 0.574. The number of rotatable bonds is 7. The standard InChI is InChI=1S/C24H27N5O2S/c1-17-7-9-19(10-8-17)16-29-13-11-18(12-14-29)15-25-21(30)23-27-28-24(32-23)22(31)26-20-5-3-2-4-6-20/h2-10,18H,11-16H2,1H3,(H,25,30)(H,26,31). The number of likely N-dealkylation sites (tertiary alicyclic amines) is 1. The molecule has 0 aliphatic carbocycles. The summed E-state index contributed by atoms with van der Waals surface area (Å²) in [7, 11) is 0. The first-order valence-corrected chi connectivity index (χ1v) is 11.6. The van der Waals surface area contributed by atoms with Gasteiger partial charge in [-0.1, -0.05) is 59.4 Å². The third-order valence-electron chi connectivity index (χ3n) is 5.63. The second kappa shape index (κ2) is 10.5. The summed E-state index contributed by atoms with van der Waals surface area (Å²) in [6, 6.07) is 17.8. The number of para-hydroxylation sites is 1. The van der Waals surface area contributed by atoms with Gasteiger partial charge in [-0.15, -0.1) is 10.2 Å². The first kappa shape index (κ1) is 22.1. The minimum atomic E-state index is -0.367. The molecule has 0 spiro atoms. The van der Waals surface area contributed by atoms with Crippen molar-refractivity contribution in [3.63, 3.8) is 0 Å². The monoisotopic (exact) mass is 449 g/mol. The van der Waals surface area contributed by atoms with Crippen LogP contribution in [0.3, 0.4) is 0 Å². The Morgan fingerprint density at radius 3 is 2.31 bits per heavy atom. The number of nitrogens with zero attached hydrogens (tertiary/aromatic N) is 3. The Labute approximate surface area is 191 Å². The number of carbonyl (C=O) groups excluding carboxylic acids is 2. The maximum atomic E-state index is 12.5. The minimum Gasteiger partial charge on any atom is -0.350 e. The molecule has 2 N–H and O–H groups in total. The summed E-state index contributed by atoms with van der Waals surface area (Å²) in [6.07, 6.45) is 2.10. The first-order valence-electron chi connectivity index (χ1n) is 10.8. The molecule has 0 saturated carbocycles. The van der Waals surface area contributed by atoms with E-state index in [2.05, 4.69) is 56.9 Å². The van der Waals surface area contributed by atoms with Crippen LogP contribution in [0.5, 0.6) is 0 Å². The molecule has 3 aromatic rings. The van der Waals surface area contributed by atoms with Gasteiger partial charge in [-0.3, -0.25) is 14.5 Å². The molecule has 0 unspecified atom stereocenters. The Kier molecular flexibility index (Phi) is 7.24. The number of anilines is 1. The predicted octanol–water partition coefficient (Wildman–Crippen LogP) is 3.74. The number of piperidine rings is 1. The normalized spacial score (nSPS) is 14.8. The number of nitrogens with one attached hydrogen (secondary N) is 2. The lowest BCUT2D eigenvalue weighted by Gasteiger charge is -2.32. The Morgan fingerprint density at radius 1 is 0.969 bits per heavy atom. The van der Waals surface area contributed by atoms with Crippen LogP contribution in [-0.4, -0.2) is 46.5 Å². The van der Waals surface area contributed by atoms with Crippen LogP contribution >= 0.6 is 11.3 Å². The van der Waals surface area contributed by atoms with Crippen molar-refractivity contribution in [2.75, 3.05) is 25.0 Å². The highest BCUT2D eigenvalue weighted by molar-refractivity contribution is 7.15. The number of hydrogen-bond acceptors (Lipinski definition) is 6. The summed E-state index contributed by atoms with van der Waals surface area (Å²) in [5, 5.41) is 13.9. The van der Waals surface area contributed by atoms with Crippen molar-refractivity contribution < 1.29 is 9.59 Å². The summed E-state index contributed by atoms with van der Waals surface area (Å²) < 4.78 is 0. The van der Waals surface area contributed by atoms with Crippen LogP contribution in [0.15, 0.2) is 54.6 Å². The molecule has 0 atom stereocenters. The van der Waals surface area contributed by atoms with Gasteiger partial charge in [-0.25, -0.2) is 0 Å². The van der Waals surface area contributed by atoms with E-state index in [1.807, 2.05) is 18.2 Å². The highest BCUT2D eigenvalue weighted by Gasteiger charge is 2.22. The number of benzene rings is 2. The third-order valence-corrected chi connectivity index (χ3v) is 6.55. The van der Waals surface area contributed by atoms with Crippen LogP contribution in [0.1, 0.15) is 43.6 Å². The van der Waals surface area contributed by atoms with Gasteiger partial charge in [-0.2, -0.15) is 0 Å². The molecule has 1 fully saturated rings. The van der Waals surface area contributed by atoms with E-state index in [0.29, 0.717) is 18.2 Å². The van der Waals surface area contributed by atoms with Crippen LogP contribution in [-0.2, 0) is 6.54 Å². The highest BCUT2D eigenvalue weighted by Crippen LogP contribution is 2.19. The van der Waals surface area contributed by atoms with Gasteiger partial charge in [0.2, 0.25) is 10.0 Å². The predicted molar refractivity (Wildman–Crippen MR) is 126 cm³/mol.